The van der Waals surface area contributed by atoms with Gasteiger partial charge in [0.1, 0.15) is 0 Å². The Morgan fingerprint density at radius 2 is 1.41 bits per heavy atom. The van der Waals surface area contributed by atoms with E-state index < -0.39 is 5.54 Å². The molecule has 22 heavy (non-hydrogen) atoms. The average molecular weight is 332 g/mol. The molecule has 0 radical (unpaired) electrons. The van der Waals surface area contributed by atoms with Gasteiger partial charge in [-0.05, 0) is 35.4 Å². The molecule has 0 fully saturated rings. The third-order valence-electron chi connectivity index (χ3n) is 3.71. The molecule has 0 spiro atoms. The van der Waals surface area contributed by atoms with Crippen LogP contribution in [-0.4, -0.2) is 9.55 Å². The van der Waals surface area contributed by atoms with Gasteiger partial charge in [0.25, 0.3) is 0 Å². The molecule has 0 bridgehead atoms. The van der Waals surface area contributed by atoms with Gasteiger partial charge in [0, 0.05) is 29.0 Å². The molecule has 112 valence electrons. The Morgan fingerprint density at radius 1 is 0.909 bits per heavy atom. The Hall–Kier alpha value is -1.81. The Bertz CT molecular complexity index is 689. The lowest BCUT2D eigenvalue weighted by molar-refractivity contribution is 0.445. The minimum atomic E-state index is -0.699. The summed E-state index contributed by atoms with van der Waals surface area (Å²) in [7, 11) is 0. The van der Waals surface area contributed by atoms with Gasteiger partial charge in [0.2, 0.25) is 0 Å². The van der Waals surface area contributed by atoms with Crippen LogP contribution in [0.15, 0.2) is 67.3 Å². The number of nitrogens with zero attached hydrogens (tertiary/aromatic N) is 2. The third-order valence-corrected chi connectivity index (χ3v) is 4.21. The molecule has 3 nitrogen and oxygen atoms in total. The van der Waals surface area contributed by atoms with Gasteiger partial charge in [0.05, 0.1) is 11.9 Å². The van der Waals surface area contributed by atoms with E-state index in [1.165, 1.54) is 0 Å². The number of aromatic nitrogens is 2. The van der Waals surface area contributed by atoms with E-state index in [4.69, 9.17) is 28.9 Å². The highest BCUT2D eigenvalue weighted by atomic mass is 35.5. The summed E-state index contributed by atoms with van der Waals surface area (Å²) in [5.41, 5.74) is 8.06. The van der Waals surface area contributed by atoms with Gasteiger partial charge in [-0.3, -0.25) is 0 Å². The zero-order valence-electron chi connectivity index (χ0n) is 11.8. The number of halogens is 2. The monoisotopic (exact) mass is 331 g/mol. The summed E-state index contributed by atoms with van der Waals surface area (Å²) in [6, 6.07) is 15.2. The topological polar surface area (TPSA) is 43.8 Å². The molecule has 0 unspecified atom stereocenters. The lowest BCUT2D eigenvalue weighted by Crippen LogP contribution is -2.42. The molecule has 0 aliphatic heterocycles. The number of hydrogen-bond acceptors (Lipinski definition) is 2. The van der Waals surface area contributed by atoms with Crippen molar-refractivity contribution in [2.24, 2.45) is 5.73 Å². The van der Waals surface area contributed by atoms with Crippen LogP contribution in [0.4, 0.5) is 0 Å². The van der Waals surface area contributed by atoms with Crippen LogP contribution in [0.1, 0.15) is 11.1 Å². The van der Waals surface area contributed by atoms with E-state index in [1.807, 2.05) is 59.3 Å². The highest BCUT2D eigenvalue weighted by Crippen LogP contribution is 2.30. The zero-order chi connectivity index (χ0) is 15.6. The fourth-order valence-electron chi connectivity index (χ4n) is 2.51. The Balaban J connectivity index is 2.08. The fraction of sp³-hybridized carbons (Fsp3) is 0.118. The summed E-state index contributed by atoms with van der Waals surface area (Å²) in [5, 5.41) is 1.37. The largest absolute Gasteiger partial charge is 0.335 e. The number of rotatable bonds is 4. The van der Waals surface area contributed by atoms with Gasteiger partial charge in [0.15, 0.2) is 0 Å². The van der Waals surface area contributed by atoms with Crippen molar-refractivity contribution in [2.75, 3.05) is 0 Å². The third kappa shape index (κ3) is 3.02. The van der Waals surface area contributed by atoms with E-state index in [2.05, 4.69) is 4.98 Å². The molecular weight excluding hydrogens is 317 g/mol. The van der Waals surface area contributed by atoms with Gasteiger partial charge < -0.3 is 10.3 Å². The van der Waals surface area contributed by atoms with Gasteiger partial charge in [-0.25, -0.2) is 4.98 Å². The molecule has 1 heterocycles. The second-order valence-electron chi connectivity index (χ2n) is 5.22. The smallest absolute Gasteiger partial charge is 0.0946 e. The van der Waals surface area contributed by atoms with E-state index in [0.717, 1.165) is 11.1 Å². The van der Waals surface area contributed by atoms with E-state index in [9.17, 15) is 0 Å². The lowest BCUT2D eigenvalue weighted by atomic mass is 9.83. The second kappa shape index (κ2) is 6.13. The quantitative estimate of drug-likeness (QED) is 0.782. The summed E-state index contributed by atoms with van der Waals surface area (Å²) in [6.07, 6.45) is 5.39. The van der Waals surface area contributed by atoms with Crippen LogP contribution in [0.2, 0.25) is 10.0 Å². The first kappa shape index (κ1) is 15.1. The predicted octanol–water partition coefficient (Wildman–Crippen LogP) is 4.09. The molecule has 0 aliphatic carbocycles. The molecule has 0 saturated heterocycles. The summed E-state index contributed by atoms with van der Waals surface area (Å²) >= 11 is 12.0. The van der Waals surface area contributed by atoms with Crippen LogP contribution in [0.5, 0.6) is 0 Å². The predicted molar refractivity (Wildman–Crippen MR) is 90.1 cm³/mol. The van der Waals surface area contributed by atoms with Crippen molar-refractivity contribution in [3.8, 4) is 0 Å². The van der Waals surface area contributed by atoms with Crippen molar-refractivity contribution in [1.29, 1.82) is 0 Å². The molecule has 2 aromatic carbocycles. The minimum absolute atomic E-state index is 0.566. The minimum Gasteiger partial charge on any atom is -0.335 e. The van der Waals surface area contributed by atoms with Crippen molar-refractivity contribution in [3.63, 3.8) is 0 Å². The van der Waals surface area contributed by atoms with Crippen LogP contribution in [0.25, 0.3) is 0 Å². The van der Waals surface area contributed by atoms with Gasteiger partial charge in [-0.1, -0.05) is 47.5 Å². The van der Waals surface area contributed by atoms with Crippen LogP contribution >= 0.6 is 23.2 Å². The zero-order valence-corrected chi connectivity index (χ0v) is 13.3. The van der Waals surface area contributed by atoms with Crippen LogP contribution < -0.4 is 5.73 Å². The van der Waals surface area contributed by atoms with Crippen molar-refractivity contribution in [2.45, 2.75) is 12.1 Å². The van der Waals surface area contributed by atoms with E-state index in [-0.39, 0.29) is 0 Å². The number of benzene rings is 2. The first-order valence-corrected chi connectivity index (χ1v) is 7.60. The molecule has 0 amide bonds. The van der Waals surface area contributed by atoms with Crippen molar-refractivity contribution in [3.05, 3.63) is 88.4 Å². The normalized spacial score (nSPS) is 11.6. The molecule has 1 aromatic heterocycles. The molecule has 0 aliphatic rings. The first-order chi connectivity index (χ1) is 10.6. The maximum Gasteiger partial charge on any atom is 0.0946 e. The van der Waals surface area contributed by atoms with Gasteiger partial charge in [-0.2, -0.15) is 0 Å². The van der Waals surface area contributed by atoms with E-state index >= 15 is 0 Å². The van der Waals surface area contributed by atoms with Crippen LogP contribution in [-0.2, 0) is 12.1 Å². The maximum atomic E-state index is 6.80. The first-order valence-electron chi connectivity index (χ1n) is 6.85. The molecule has 0 saturated carbocycles. The van der Waals surface area contributed by atoms with E-state index in [0.29, 0.717) is 16.6 Å². The number of hydrogen-bond donors (Lipinski definition) is 1. The average Bonchev–Trinajstić information content (AvgIpc) is 3.01. The Kier molecular flexibility index (Phi) is 4.21. The van der Waals surface area contributed by atoms with Gasteiger partial charge >= 0.3 is 0 Å². The molecular formula is C17H15Cl2N3. The van der Waals surface area contributed by atoms with Crippen LogP contribution in [0.3, 0.4) is 0 Å². The van der Waals surface area contributed by atoms with Crippen molar-refractivity contribution in [1.82, 2.24) is 9.55 Å². The standard InChI is InChI=1S/C17H15Cl2N3/c18-15-5-1-13(2-6-15)17(20,11-22-10-9-21-12-22)14-3-7-16(19)8-4-14/h1-10,12H,11,20H2. The highest BCUT2D eigenvalue weighted by molar-refractivity contribution is 6.30. The van der Waals surface area contributed by atoms with Crippen molar-refractivity contribution < 1.29 is 0 Å². The fourth-order valence-corrected chi connectivity index (χ4v) is 2.76. The van der Waals surface area contributed by atoms with E-state index in [1.54, 1.807) is 12.5 Å². The molecule has 5 heteroatoms. The number of imidazole rings is 1. The molecule has 0 atom stereocenters. The van der Waals surface area contributed by atoms with Crippen molar-refractivity contribution >= 4 is 23.2 Å². The Labute approximate surface area is 139 Å². The SMILES string of the molecule is NC(Cn1ccnc1)(c1ccc(Cl)cc1)c1ccc(Cl)cc1. The van der Waals surface area contributed by atoms with Crippen LogP contribution in [0, 0.1) is 0 Å². The summed E-state index contributed by atoms with van der Waals surface area (Å²) < 4.78 is 1.96. The maximum absolute atomic E-state index is 6.80. The number of nitrogens with two attached hydrogens (primary N) is 1. The second-order valence-corrected chi connectivity index (χ2v) is 6.09. The lowest BCUT2D eigenvalue weighted by Gasteiger charge is -2.31. The van der Waals surface area contributed by atoms with Gasteiger partial charge in [-0.15, -0.1) is 0 Å². The molecule has 3 aromatic rings. The summed E-state index contributed by atoms with van der Waals surface area (Å²) in [4.78, 5) is 4.09. The summed E-state index contributed by atoms with van der Waals surface area (Å²) in [6.45, 7) is 0.566. The summed E-state index contributed by atoms with van der Waals surface area (Å²) in [5.74, 6) is 0. The highest BCUT2D eigenvalue weighted by Gasteiger charge is 2.30. The Morgan fingerprint density at radius 3 is 1.82 bits per heavy atom. The molecule has 3 rings (SSSR count). The molecule has 2 N–H and O–H groups in total.